The molecule has 1 aliphatic rings. The van der Waals surface area contributed by atoms with E-state index < -0.39 is 29.6 Å². The van der Waals surface area contributed by atoms with Gasteiger partial charge < -0.3 is 10.2 Å². The fourth-order valence-electron chi connectivity index (χ4n) is 2.64. The minimum Gasteiger partial charge on any atom is -0.481 e. The average molecular weight is 320 g/mol. The normalized spacial score (nSPS) is 19.7. The molecule has 0 aromatic rings. The zero-order chi connectivity index (χ0) is 16.6. The predicted molar refractivity (Wildman–Crippen MR) is 73.0 cm³/mol. The first kappa shape index (κ1) is 18.8. The third-order valence-electron chi connectivity index (χ3n) is 3.90. The van der Waals surface area contributed by atoms with Crippen molar-refractivity contribution in [2.24, 2.45) is 11.8 Å². The monoisotopic (exact) mass is 320 g/mol. The molecule has 8 heteroatoms. The average Bonchev–Trinajstić information content (AvgIpc) is 2.93. The first-order chi connectivity index (χ1) is 10.5. The Morgan fingerprint density at radius 3 is 2.05 bits per heavy atom. The highest BCUT2D eigenvalue weighted by Crippen LogP contribution is 2.37. The van der Waals surface area contributed by atoms with E-state index in [1.807, 2.05) is 0 Å². The van der Waals surface area contributed by atoms with Crippen LogP contribution < -0.4 is 0 Å². The van der Waals surface area contributed by atoms with Crippen molar-refractivity contribution in [3.05, 3.63) is 0 Å². The topological polar surface area (TPSA) is 112 Å². The molecule has 0 spiro atoms. The molecular weight excluding hydrogens is 296 g/mol. The summed E-state index contributed by atoms with van der Waals surface area (Å²) in [4.78, 5) is 31.8. The van der Waals surface area contributed by atoms with Crippen LogP contribution in [0.2, 0.25) is 0 Å². The summed E-state index contributed by atoms with van der Waals surface area (Å²) in [5.41, 5.74) is 0. The lowest BCUT2D eigenvalue weighted by Crippen LogP contribution is -2.52. The van der Waals surface area contributed by atoms with Gasteiger partial charge >= 0.3 is 17.7 Å². The Labute approximate surface area is 129 Å². The number of hydrogen-bond acceptors (Lipinski definition) is 6. The van der Waals surface area contributed by atoms with Crippen molar-refractivity contribution < 1.29 is 39.7 Å². The van der Waals surface area contributed by atoms with Gasteiger partial charge in [0.05, 0.1) is 0 Å². The summed E-state index contributed by atoms with van der Waals surface area (Å²) in [6.07, 6.45) is 6.92. The van der Waals surface area contributed by atoms with E-state index in [2.05, 4.69) is 26.8 Å². The van der Waals surface area contributed by atoms with E-state index in [0.29, 0.717) is 6.42 Å². The molecular formula is C14H24O8. The van der Waals surface area contributed by atoms with E-state index in [-0.39, 0.29) is 0 Å². The lowest BCUT2D eigenvalue weighted by Gasteiger charge is -2.28. The Morgan fingerprint density at radius 2 is 1.55 bits per heavy atom. The fourth-order valence-corrected chi connectivity index (χ4v) is 2.64. The number of carboxylic acid groups (broad SMARTS) is 2. The number of rotatable bonds is 11. The van der Waals surface area contributed by atoms with Gasteiger partial charge in [-0.25, -0.2) is 4.79 Å². The zero-order valence-corrected chi connectivity index (χ0v) is 12.9. The third-order valence-corrected chi connectivity index (χ3v) is 3.90. The Kier molecular flexibility index (Phi) is 7.74. The van der Waals surface area contributed by atoms with Gasteiger partial charge in [0.2, 0.25) is 0 Å². The first-order valence-electron chi connectivity index (χ1n) is 7.62. The van der Waals surface area contributed by atoms with Crippen molar-refractivity contribution in [2.75, 3.05) is 0 Å². The highest BCUT2D eigenvalue weighted by molar-refractivity contribution is 5.84. The standard InChI is InChI=1S/C14H24O8/c1-3-4-5-6-7-8-9-10(2)11(12(15)16)14(13(17)18)19-21-22-20-14/h10-11H,3-9H2,1-2H3,(H,15,16)(H,17,18). The third kappa shape index (κ3) is 4.64. The Balaban J connectivity index is 2.58. The molecule has 0 saturated carbocycles. The lowest BCUT2D eigenvalue weighted by atomic mass is 9.83. The van der Waals surface area contributed by atoms with E-state index in [1.54, 1.807) is 6.92 Å². The van der Waals surface area contributed by atoms with Crippen LogP contribution in [0.5, 0.6) is 0 Å². The lowest BCUT2D eigenvalue weighted by molar-refractivity contribution is -0.532. The molecule has 128 valence electrons. The van der Waals surface area contributed by atoms with Crippen LogP contribution in [0, 0.1) is 11.8 Å². The summed E-state index contributed by atoms with van der Waals surface area (Å²) in [7, 11) is 0. The number of carbonyl (C=O) groups is 2. The second-order valence-corrected chi connectivity index (χ2v) is 5.63. The van der Waals surface area contributed by atoms with Gasteiger partial charge in [-0.3, -0.25) is 4.79 Å². The van der Waals surface area contributed by atoms with Crippen molar-refractivity contribution in [3.63, 3.8) is 0 Å². The predicted octanol–water partition coefficient (Wildman–Crippen LogP) is 2.68. The van der Waals surface area contributed by atoms with Crippen LogP contribution in [0.15, 0.2) is 0 Å². The number of hydrogen-bond donors (Lipinski definition) is 2. The first-order valence-corrected chi connectivity index (χ1v) is 7.62. The van der Waals surface area contributed by atoms with E-state index in [4.69, 9.17) is 0 Å². The van der Waals surface area contributed by atoms with Crippen molar-refractivity contribution in [3.8, 4) is 0 Å². The molecule has 0 radical (unpaired) electrons. The maximum Gasteiger partial charge on any atom is 0.371 e. The van der Waals surface area contributed by atoms with Gasteiger partial charge in [-0.2, -0.15) is 9.78 Å². The van der Waals surface area contributed by atoms with Gasteiger partial charge in [0.1, 0.15) is 5.92 Å². The molecule has 22 heavy (non-hydrogen) atoms. The van der Waals surface area contributed by atoms with Crippen LogP contribution >= 0.6 is 0 Å². The van der Waals surface area contributed by atoms with Gasteiger partial charge in [-0.05, 0) is 22.4 Å². The SMILES string of the molecule is CCCCCCCCC(C)C(C(=O)O)C1(C(=O)O)OOOO1. The summed E-state index contributed by atoms with van der Waals surface area (Å²) in [6, 6.07) is 0. The Bertz CT molecular complexity index is 364. The molecule has 1 saturated heterocycles. The largest absolute Gasteiger partial charge is 0.481 e. The van der Waals surface area contributed by atoms with E-state index in [9.17, 15) is 19.8 Å². The van der Waals surface area contributed by atoms with Gasteiger partial charge in [0.15, 0.2) is 0 Å². The highest BCUT2D eigenvalue weighted by atomic mass is 17.7. The fraction of sp³-hybridized carbons (Fsp3) is 0.857. The Hall–Kier alpha value is -1.22. The maximum absolute atomic E-state index is 11.5. The minimum atomic E-state index is -2.48. The van der Waals surface area contributed by atoms with Crippen molar-refractivity contribution in [1.82, 2.24) is 0 Å². The molecule has 2 N–H and O–H groups in total. The summed E-state index contributed by atoms with van der Waals surface area (Å²) < 4.78 is 0. The molecule has 0 aromatic heterocycles. The van der Waals surface area contributed by atoms with Crippen molar-refractivity contribution >= 4 is 11.9 Å². The molecule has 0 amide bonds. The van der Waals surface area contributed by atoms with Crippen LogP contribution in [0.25, 0.3) is 0 Å². The summed E-state index contributed by atoms with van der Waals surface area (Å²) in [6.45, 7) is 3.79. The second-order valence-electron chi connectivity index (χ2n) is 5.63. The van der Waals surface area contributed by atoms with Crippen LogP contribution in [0.4, 0.5) is 0 Å². The van der Waals surface area contributed by atoms with E-state index >= 15 is 0 Å². The van der Waals surface area contributed by atoms with Crippen LogP contribution in [-0.4, -0.2) is 27.9 Å². The number of unbranched alkanes of at least 4 members (excludes halogenated alkanes) is 5. The van der Waals surface area contributed by atoms with Crippen molar-refractivity contribution in [1.29, 1.82) is 0 Å². The van der Waals surface area contributed by atoms with Crippen molar-refractivity contribution in [2.45, 2.75) is 64.6 Å². The molecule has 1 fully saturated rings. The summed E-state index contributed by atoms with van der Waals surface area (Å²) >= 11 is 0. The molecule has 2 atom stereocenters. The smallest absolute Gasteiger partial charge is 0.371 e. The van der Waals surface area contributed by atoms with Crippen LogP contribution in [0.3, 0.4) is 0 Å². The highest BCUT2D eigenvalue weighted by Gasteiger charge is 2.61. The molecule has 1 heterocycles. The van der Waals surface area contributed by atoms with Crippen LogP contribution in [0.1, 0.15) is 58.8 Å². The number of carboxylic acids is 2. The summed E-state index contributed by atoms with van der Waals surface area (Å²) in [5, 5.41) is 26.6. The zero-order valence-electron chi connectivity index (χ0n) is 12.9. The molecule has 8 nitrogen and oxygen atoms in total. The van der Waals surface area contributed by atoms with Gasteiger partial charge in [0.25, 0.3) is 0 Å². The van der Waals surface area contributed by atoms with Gasteiger partial charge in [-0.15, -0.1) is 0 Å². The molecule has 1 aliphatic heterocycles. The number of aliphatic carboxylic acids is 2. The maximum atomic E-state index is 11.5. The van der Waals surface area contributed by atoms with Gasteiger partial charge in [-0.1, -0.05) is 52.4 Å². The molecule has 2 unspecified atom stereocenters. The van der Waals surface area contributed by atoms with E-state index in [0.717, 1.165) is 32.1 Å². The molecule has 0 aromatic carbocycles. The Morgan fingerprint density at radius 1 is 1.00 bits per heavy atom. The molecule has 0 aliphatic carbocycles. The minimum absolute atomic E-state index is 0.481. The van der Waals surface area contributed by atoms with Gasteiger partial charge in [0, 0.05) is 0 Å². The molecule has 0 bridgehead atoms. The van der Waals surface area contributed by atoms with E-state index in [1.165, 1.54) is 6.42 Å². The second kappa shape index (κ2) is 9.04. The molecule has 1 rings (SSSR count). The summed E-state index contributed by atoms with van der Waals surface area (Å²) in [5.74, 6) is -7.34. The quantitative estimate of drug-likeness (QED) is 0.441. The van der Waals surface area contributed by atoms with Crippen LogP contribution in [-0.2, 0) is 29.4 Å².